The quantitative estimate of drug-likeness (QED) is 0.389. The second kappa shape index (κ2) is 12.5. The van der Waals surface area contributed by atoms with Crippen LogP contribution in [-0.4, -0.2) is 85.2 Å². The number of benzene rings is 2. The van der Waals surface area contributed by atoms with Crippen molar-refractivity contribution in [3.8, 4) is 0 Å². The van der Waals surface area contributed by atoms with Gasteiger partial charge < -0.3 is 25.2 Å². The molecule has 0 unspecified atom stereocenters. The third-order valence-electron chi connectivity index (χ3n) is 5.52. The van der Waals surface area contributed by atoms with Crippen LogP contribution in [-0.2, 0) is 25.3 Å². The fraction of sp³-hybridized carbons (Fsp3) is 0.417. The highest BCUT2D eigenvalue weighted by atomic mass is 32.2. The predicted octanol–water partition coefficient (Wildman–Crippen LogP) is 0.873. The van der Waals surface area contributed by atoms with E-state index in [2.05, 4.69) is 20.3 Å². The fourth-order valence-electron chi connectivity index (χ4n) is 3.79. The molecule has 10 nitrogen and oxygen atoms in total. The van der Waals surface area contributed by atoms with Crippen LogP contribution < -0.4 is 20.3 Å². The molecule has 0 aromatic heterocycles. The molecule has 2 amide bonds. The lowest BCUT2D eigenvalue weighted by atomic mass is 10.1. The van der Waals surface area contributed by atoms with E-state index in [1.807, 2.05) is 6.07 Å². The summed E-state index contributed by atoms with van der Waals surface area (Å²) >= 11 is 0. The minimum absolute atomic E-state index is 0.128. The topological polar surface area (TPSA) is 120 Å². The summed E-state index contributed by atoms with van der Waals surface area (Å²) in [7, 11) is -0.668. The van der Waals surface area contributed by atoms with Gasteiger partial charge in [0.15, 0.2) is 0 Å². The molecule has 0 saturated carbocycles. The van der Waals surface area contributed by atoms with Gasteiger partial charge in [-0.1, -0.05) is 30.3 Å². The van der Waals surface area contributed by atoms with Gasteiger partial charge in [0.2, 0.25) is 15.9 Å². The SMILES string of the molecule is COCCNC(=O)CN(C)C(=O)c1ccc(N2CCNCC2)c(NS(=O)(=O)Cc2ccccc2)c1. The number of anilines is 2. The summed E-state index contributed by atoms with van der Waals surface area (Å²) in [4.78, 5) is 28.5. The van der Waals surface area contributed by atoms with Crippen molar-refractivity contribution in [3.05, 3.63) is 59.7 Å². The zero-order valence-electron chi connectivity index (χ0n) is 20.1. The summed E-state index contributed by atoms with van der Waals surface area (Å²) in [6, 6.07) is 13.9. The van der Waals surface area contributed by atoms with E-state index in [1.165, 1.54) is 19.1 Å². The van der Waals surface area contributed by atoms with Crippen molar-refractivity contribution in [3.63, 3.8) is 0 Å². The molecule has 3 N–H and O–H groups in total. The maximum Gasteiger partial charge on any atom is 0.254 e. The highest BCUT2D eigenvalue weighted by molar-refractivity contribution is 7.91. The van der Waals surface area contributed by atoms with E-state index in [4.69, 9.17) is 4.74 Å². The number of methoxy groups -OCH3 is 1. The van der Waals surface area contributed by atoms with Crippen molar-refractivity contribution in [1.82, 2.24) is 15.5 Å². The molecule has 11 heteroatoms. The summed E-state index contributed by atoms with van der Waals surface area (Å²) in [5.74, 6) is -0.879. The second-order valence-corrected chi connectivity index (χ2v) is 10.0. The largest absolute Gasteiger partial charge is 0.383 e. The van der Waals surface area contributed by atoms with E-state index in [1.54, 1.807) is 42.5 Å². The van der Waals surface area contributed by atoms with Crippen LogP contribution in [0.2, 0.25) is 0 Å². The second-order valence-electron chi connectivity index (χ2n) is 8.32. The van der Waals surface area contributed by atoms with Crippen molar-refractivity contribution < 1.29 is 22.7 Å². The average molecular weight is 504 g/mol. The van der Waals surface area contributed by atoms with Crippen LogP contribution in [0.3, 0.4) is 0 Å². The Labute approximate surface area is 206 Å². The number of piperazine rings is 1. The predicted molar refractivity (Wildman–Crippen MR) is 136 cm³/mol. The molecule has 1 aliphatic rings. The van der Waals surface area contributed by atoms with Crippen molar-refractivity contribution in [1.29, 1.82) is 0 Å². The lowest BCUT2D eigenvalue weighted by molar-refractivity contribution is -0.121. The number of amides is 2. The summed E-state index contributed by atoms with van der Waals surface area (Å²) in [6.45, 7) is 3.57. The molecule has 0 bridgehead atoms. The fourth-order valence-corrected chi connectivity index (χ4v) is 4.99. The van der Waals surface area contributed by atoms with Crippen LogP contribution in [0.25, 0.3) is 0 Å². The van der Waals surface area contributed by atoms with Gasteiger partial charge in [0, 0.05) is 52.4 Å². The maximum atomic E-state index is 13.0. The average Bonchev–Trinajstić information content (AvgIpc) is 2.84. The molecule has 35 heavy (non-hydrogen) atoms. The molecule has 1 heterocycles. The van der Waals surface area contributed by atoms with Gasteiger partial charge in [-0.3, -0.25) is 14.3 Å². The van der Waals surface area contributed by atoms with Crippen molar-refractivity contribution in [2.24, 2.45) is 0 Å². The van der Waals surface area contributed by atoms with Crippen molar-refractivity contribution >= 4 is 33.2 Å². The summed E-state index contributed by atoms with van der Waals surface area (Å²) in [5.41, 5.74) is 2.00. The summed E-state index contributed by atoms with van der Waals surface area (Å²) in [6.07, 6.45) is 0. The molecule has 1 fully saturated rings. The normalized spacial score (nSPS) is 13.8. The van der Waals surface area contributed by atoms with Gasteiger partial charge in [-0.15, -0.1) is 0 Å². The van der Waals surface area contributed by atoms with Gasteiger partial charge in [-0.05, 0) is 23.8 Å². The summed E-state index contributed by atoms with van der Waals surface area (Å²) < 4.78 is 33.6. The van der Waals surface area contributed by atoms with Gasteiger partial charge >= 0.3 is 0 Å². The number of carbonyl (C=O) groups excluding carboxylic acids is 2. The molecule has 2 aromatic rings. The number of nitrogens with zero attached hydrogens (tertiary/aromatic N) is 2. The lowest BCUT2D eigenvalue weighted by Gasteiger charge is -2.31. The molecule has 3 rings (SSSR count). The Bertz CT molecular complexity index is 1100. The van der Waals surface area contributed by atoms with Crippen LogP contribution in [0, 0.1) is 0 Å². The minimum atomic E-state index is -3.74. The minimum Gasteiger partial charge on any atom is -0.383 e. The van der Waals surface area contributed by atoms with E-state index < -0.39 is 10.0 Å². The highest BCUT2D eigenvalue weighted by Gasteiger charge is 2.22. The van der Waals surface area contributed by atoms with E-state index in [0.29, 0.717) is 43.2 Å². The number of hydrogen-bond acceptors (Lipinski definition) is 7. The Morgan fingerprint density at radius 1 is 1.11 bits per heavy atom. The zero-order valence-corrected chi connectivity index (χ0v) is 20.9. The molecule has 2 aromatic carbocycles. The summed E-state index contributed by atoms with van der Waals surface area (Å²) in [5, 5.41) is 5.96. The van der Waals surface area contributed by atoms with Crippen LogP contribution in [0.5, 0.6) is 0 Å². The first-order valence-corrected chi connectivity index (χ1v) is 13.1. The van der Waals surface area contributed by atoms with Gasteiger partial charge in [-0.25, -0.2) is 8.42 Å². The first-order valence-electron chi connectivity index (χ1n) is 11.4. The standard InChI is InChI=1S/C24H33N5O5S/c1-28(17-23(30)26-12-15-34-2)24(31)20-8-9-22(29-13-10-25-11-14-29)21(16-20)27-35(32,33)18-19-6-4-3-5-7-19/h3-9,16,25,27H,10-15,17-18H2,1-2H3,(H,26,30). The van der Waals surface area contributed by atoms with Gasteiger partial charge in [0.25, 0.3) is 5.91 Å². The number of nitrogens with one attached hydrogen (secondary N) is 3. The first kappa shape index (κ1) is 26.5. The van der Waals surface area contributed by atoms with Crippen LogP contribution >= 0.6 is 0 Å². The number of carbonyl (C=O) groups is 2. The van der Waals surface area contributed by atoms with E-state index in [9.17, 15) is 18.0 Å². The Balaban J connectivity index is 1.81. The number of hydrogen-bond donors (Lipinski definition) is 3. The van der Waals surface area contributed by atoms with Crippen molar-refractivity contribution in [2.45, 2.75) is 5.75 Å². The maximum absolute atomic E-state index is 13.0. The van der Waals surface area contributed by atoms with Gasteiger partial charge in [-0.2, -0.15) is 0 Å². The first-order chi connectivity index (χ1) is 16.8. The van der Waals surface area contributed by atoms with E-state index in [-0.39, 0.29) is 29.7 Å². The van der Waals surface area contributed by atoms with Crippen molar-refractivity contribution in [2.75, 3.05) is 69.7 Å². The number of likely N-dealkylation sites (N-methyl/N-ethyl adjacent to an activating group) is 1. The Morgan fingerprint density at radius 3 is 2.51 bits per heavy atom. The molecule has 0 radical (unpaired) electrons. The van der Waals surface area contributed by atoms with Crippen LogP contribution in [0.15, 0.2) is 48.5 Å². The molecular formula is C24H33N5O5S. The van der Waals surface area contributed by atoms with E-state index in [0.717, 1.165) is 13.1 Å². The third kappa shape index (κ3) is 7.94. The van der Waals surface area contributed by atoms with E-state index >= 15 is 0 Å². The molecule has 0 aliphatic carbocycles. The number of ether oxygens (including phenoxy) is 1. The number of rotatable bonds is 11. The van der Waals surface area contributed by atoms with Crippen LogP contribution in [0.4, 0.5) is 11.4 Å². The molecule has 190 valence electrons. The Hall–Kier alpha value is -3.15. The molecule has 0 spiro atoms. The molecule has 1 saturated heterocycles. The number of sulfonamides is 1. The molecule has 1 aliphatic heterocycles. The monoisotopic (exact) mass is 503 g/mol. The van der Waals surface area contributed by atoms with Gasteiger partial charge in [0.05, 0.1) is 30.3 Å². The molecule has 0 atom stereocenters. The van der Waals surface area contributed by atoms with Crippen LogP contribution in [0.1, 0.15) is 15.9 Å². The lowest BCUT2D eigenvalue weighted by Crippen LogP contribution is -2.44. The molecular weight excluding hydrogens is 470 g/mol. The Morgan fingerprint density at radius 2 is 1.83 bits per heavy atom. The highest BCUT2D eigenvalue weighted by Crippen LogP contribution is 2.29. The zero-order chi connectivity index (χ0) is 25.3. The smallest absolute Gasteiger partial charge is 0.254 e. The third-order valence-corrected chi connectivity index (χ3v) is 6.77. The van der Waals surface area contributed by atoms with Gasteiger partial charge in [0.1, 0.15) is 0 Å². The Kier molecular flexibility index (Phi) is 9.47.